The molecule has 0 aliphatic rings. The minimum Gasteiger partial charge on any atom is -0.452 e. The minimum absolute atomic E-state index is 0.0743. The maximum absolute atomic E-state index is 12.9. The van der Waals surface area contributed by atoms with Crippen molar-refractivity contribution in [1.82, 2.24) is 15.1 Å². The van der Waals surface area contributed by atoms with E-state index in [1.807, 2.05) is 43.3 Å². The Hall–Kier alpha value is -3.52. The number of aryl methyl sites for hydroxylation is 2. The average Bonchev–Trinajstić information content (AvgIpc) is 3.43. The lowest BCUT2D eigenvalue weighted by Crippen LogP contribution is -2.07. The molecular weight excluding hydrogens is 390 g/mol. The fourth-order valence-corrected chi connectivity index (χ4v) is 3.97. The van der Waals surface area contributed by atoms with Gasteiger partial charge in [-0.1, -0.05) is 17.3 Å². The lowest BCUT2D eigenvalue weighted by atomic mass is 10.1. The number of carbonyl (C=O) groups excluding carboxylic acids is 1. The van der Waals surface area contributed by atoms with Gasteiger partial charge in [0.2, 0.25) is 5.89 Å². The summed E-state index contributed by atoms with van der Waals surface area (Å²) in [6, 6.07) is 13.1. The van der Waals surface area contributed by atoms with Crippen LogP contribution >= 0.6 is 11.3 Å². The normalized spacial score (nSPS) is 11.4. The van der Waals surface area contributed by atoms with E-state index < -0.39 is 5.97 Å². The number of carbonyl (C=O) groups is 1. The highest BCUT2D eigenvalue weighted by atomic mass is 32.1. The zero-order valence-electron chi connectivity index (χ0n) is 15.6. The summed E-state index contributed by atoms with van der Waals surface area (Å²) in [5.74, 6) is -0.179. The van der Waals surface area contributed by atoms with Gasteiger partial charge in [-0.25, -0.2) is 14.8 Å². The van der Waals surface area contributed by atoms with Gasteiger partial charge in [0.25, 0.3) is 5.71 Å². The predicted molar refractivity (Wildman–Crippen MR) is 108 cm³/mol. The molecule has 0 saturated heterocycles. The molecule has 4 aromatic heterocycles. The molecule has 5 aromatic rings. The molecule has 0 saturated carbocycles. The summed E-state index contributed by atoms with van der Waals surface area (Å²) in [6.07, 6.45) is 0. The van der Waals surface area contributed by atoms with Crippen LogP contribution in [0.1, 0.15) is 26.8 Å². The average molecular weight is 405 g/mol. The summed E-state index contributed by atoms with van der Waals surface area (Å²) in [5.41, 5.74) is 3.24. The number of rotatable bonds is 4. The van der Waals surface area contributed by atoms with Crippen LogP contribution < -0.4 is 0 Å². The van der Waals surface area contributed by atoms with Crippen LogP contribution in [0, 0.1) is 13.8 Å². The number of thiophene rings is 1. The quantitative estimate of drug-likeness (QED) is 0.386. The summed E-state index contributed by atoms with van der Waals surface area (Å²) < 4.78 is 16.4. The number of nitrogens with zero attached hydrogens (tertiary/aromatic N) is 3. The van der Waals surface area contributed by atoms with Crippen molar-refractivity contribution in [3.05, 3.63) is 64.5 Å². The van der Waals surface area contributed by atoms with E-state index in [9.17, 15) is 4.79 Å². The van der Waals surface area contributed by atoms with Crippen molar-refractivity contribution in [2.75, 3.05) is 0 Å². The molecule has 0 amide bonds. The molecule has 0 bridgehead atoms. The van der Waals surface area contributed by atoms with Gasteiger partial charge in [-0.2, -0.15) is 0 Å². The van der Waals surface area contributed by atoms with Crippen molar-refractivity contribution in [3.63, 3.8) is 0 Å². The largest absolute Gasteiger partial charge is 0.452 e. The van der Waals surface area contributed by atoms with Crippen LogP contribution in [-0.2, 0) is 11.3 Å². The molecule has 0 aliphatic heterocycles. The van der Waals surface area contributed by atoms with Crippen molar-refractivity contribution in [2.24, 2.45) is 0 Å². The Morgan fingerprint density at radius 3 is 2.79 bits per heavy atom. The van der Waals surface area contributed by atoms with Crippen LogP contribution in [0.5, 0.6) is 0 Å². The van der Waals surface area contributed by atoms with E-state index in [2.05, 4.69) is 15.1 Å². The highest BCUT2D eigenvalue weighted by Gasteiger charge is 2.21. The third kappa shape index (κ3) is 3.17. The Bertz CT molecular complexity index is 1330. The van der Waals surface area contributed by atoms with Gasteiger partial charge in [0.05, 0.1) is 27.2 Å². The number of oxazole rings is 1. The molecule has 29 heavy (non-hydrogen) atoms. The first-order valence-electron chi connectivity index (χ1n) is 8.94. The van der Waals surface area contributed by atoms with E-state index in [0.29, 0.717) is 39.5 Å². The zero-order valence-corrected chi connectivity index (χ0v) is 16.4. The van der Waals surface area contributed by atoms with Crippen LogP contribution in [0.25, 0.3) is 32.8 Å². The van der Waals surface area contributed by atoms with Gasteiger partial charge < -0.3 is 13.7 Å². The molecule has 1 aromatic carbocycles. The fraction of sp³-hybridized carbons (Fsp3) is 0.143. The summed E-state index contributed by atoms with van der Waals surface area (Å²) in [5, 5.41) is 4.50. The Kier molecular flexibility index (Phi) is 4.13. The Morgan fingerprint density at radius 1 is 1.14 bits per heavy atom. The van der Waals surface area contributed by atoms with E-state index in [-0.39, 0.29) is 6.61 Å². The van der Waals surface area contributed by atoms with Crippen LogP contribution in [0.3, 0.4) is 0 Å². The first kappa shape index (κ1) is 17.6. The van der Waals surface area contributed by atoms with Gasteiger partial charge >= 0.3 is 5.97 Å². The molecule has 8 heteroatoms. The Labute approximate surface area is 168 Å². The standard InChI is InChI=1S/C21H15N3O4S/c1-11-7-8-17(29-11)15-9-13(19-12(2)24-28-20(19)23-15)21(25)26-10-18-22-14-5-3-4-6-16(14)27-18/h3-9H,10H2,1-2H3. The molecular formula is C21H15N3O4S. The summed E-state index contributed by atoms with van der Waals surface area (Å²) >= 11 is 1.59. The fourth-order valence-electron chi connectivity index (χ4n) is 3.14. The number of fused-ring (bicyclic) bond motifs is 2. The highest BCUT2D eigenvalue weighted by Crippen LogP contribution is 2.31. The van der Waals surface area contributed by atoms with Crippen LogP contribution in [0.15, 0.2) is 51.4 Å². The van der Waals surface area contributed by atoms with Crippen LogP contribution in [0.4, 0.5) is 0 Å². The summed E-state index contributed by atoms with van der Waals surface area (Å²) in [7, 11) is 0. The molecule has 5 rings (SSSR count). The molecule has 0 spiro atoms. The maximum atomic E-state index is 12.9. The molecule has 0 atom stereocenters. The lowest BCUT2D eigenvalue weighted by molar-refractivity contribution is 0.0442. The van der Waals surface area contributed by atoms with Crippen molar-refractivity contribution in [3.8, 4) is 10.6 Å². The topological polar surface area (TPSA) is 91.2 Å². The highest BCUT2D eigenvalue weighted by molar-refractivity contribution is 7.15. The van der Waals surface area contributed by atoms with Gasteiger partial charge in [0.15, 0.2) is 12.2 Å². The second-order valence-electron chi connectivity index (χ2n) is 6.56. The molecule has 0 radical (unpaired) electrons. The van der Waals surface area contributed by atoms with Crippen molar-refractivity contribution < 1.29 is 18.5 Å². The summed E-state index contributed by atoms with van der Waals surface area (Å²) in [6.45, 7) is 3.70. The smallest absolute Gasteiger partial charge is 0.339 e. The number of benzene rings is 1. The summed E-state index contributed by atoms with van der Waals surface area (Å²) in [4.78, 5) is 23.8. The third-order valence-electron chi connectivity index (χ3n) is 4.49. The first-order valence-corrected chi connectivity index (χ1v) is 9.75. The van der Waals surface area contributed by atoms with Gasteiger partial charge in [-0.3, -0.25) is 0 Å². The molecule has 0 unspecified atom stereocenters. The number of pyridine rings is 1. The third-order valence-corrected chi connectivity index (χ3v) is 5.52. The van der Waals surface area contributed by atoms with Crippen molar-refractivity contribution >= 4 is 39.5 Å². The second-order valence-corrected chi connectivity index (χ2v) is 7.85. The van der Waals surface area contributed by atoms with E-state index in [1.165, 1.54) is 0 Å². The lowest BCUT2D eigenvalue weighted by Gasteiger charge is -2.05. The van der Waals surface area contributed by atoms with E-state index in [1.54, 1.807) is 24.3 Å². The van der Waals surface area contributed by atoms with Gasteiger partial charge in [0, 0.05) is 4.88 Å². The van der Waals surface area contributed by atoms with E-state index in [0.717, 1.165) is 15.3 Å². The van der Waals surface area contributed by atoms with E-state index >= 15 is 0 Å². The number of ether oxygens (including phenoxy) is 1. The monoisotopic (exact) mass is 405 g/mol. The number of para-hydroxylation sites is 2. The Morgan fingerprint density at radius 2 is 2.00 bits per heavy atom. The molecule has 0 fully saturated rings. The van der Waals surface area contributed by atoms with Crippen molar-refractivity contribution in [2.45, 2.75) is 20.5 Å². The number of aromatic nitrogens is 3. The van der Waals surface area contributed by atoms with E-state index in [4.69, 9.17) is 13.7 Å². The predicted octanol–water partition coefficient (Wildman–Crippen LogP) is 5.07. The first-order chi connectivity index (χ1) is 14.1. The maximum Gasteiger partial charge on any atom is 0.339 e. The zero-order chi connectivity index (χ0) is 20.0. The van der Waals surface area contributed by atoms with Gasteiger partial charge in [0.1, 0.15) is 5.52 Å². The number of esters is 1. The molecule has 4 heterocycles. The minimum atomic E-state index is -0.513. The van der Waals surface area contributed by atoms with Gasteiger partial charge in [-0.15, -0.1) is 11.3 Å². The Balaban J connectivity index is 1.49. The number of hydrogen-bond acceptors (Lipinski definition) is 8. The molecule has 0 aliphatic carbocycles. The number of hydrogen-bond donors (Lipinski definition) is 0. The molecule has 144 valence electrons. The van der Waals surface area contributed by atoms with Crippen LogP contribution in [-0.4, -0.2) is 21.1 Å². The van der Waals surface area contributed by atoms with Gasteiger partial charge in [-0.05, 0) is 44.2 Å². The van der Waals surface area contributed by atoms with Crippen molar-refractivity contribution in [1.29, 1.82) is 0 Å². The molecule has 0 N–H and O–H groups in total. The SMILES string of the molecule is Cc1ccc(-c2cc(C(=O)OCc3nc4ccccc4o3)c3c(C)noc3n2)s1. The van der Waals surface area contributed by atoms with Crippen LogP contribution in [0.2, 0.25) is 0 Å². The molecule has 7 nitrogen and oxygen atoms in total. The second kappa shape index (κ2) is 6.82.